The number of hydrogen-bond donors (Lipinski definition) is 0. The van der Waals surface area contributed by atoms with Gasteiger partial charge in [0.25, 0.3) is 0 Å². The van der Waals surface area contributed by atoms with Crippen molar-refractivity contribution in [1.29, 1.82) is 0 Å². The molecule has 0 spiro atoms. The molecule has 0 radical (unpaired) electrons. The predicted octanol–water partition coefficient (Wildman–Crippen LogP) is 5.49. The van der Waals surface area contributed by atoms with Gasteiger partial charge in [0.2, 0.25) is 5.78 Å². The fourth-order valence-electron chi connectivity index (χ4n) is 3.47. The van der Waals surface area contributed by atoms with E-state index < -0.39 is 5.97 Å². The lowest BCUT2D eigenvalue weighted by molar-refractivity contribution is 0.0474. The highest BCUT2D eigenvalue weighted by Crippen LogP contribution is 2.24. The first-order valence-corrected chi connectivity index (χ1v) is 12.1. The quantitative estimate of drug-likeness (QED) is 0.187. The summed E-state index contributed by atoms with van der Waals surface area (Å²) >= 11 is 3.28. The van der Waals surface area contributed by atoms with E-state index in [1.807, 2.05) is 44.4 Å². The number of ketones is 1. The molecule has 0 N–H and O–H groups in total. The van der Waals surface area contributed by atoms with Crippen molar-refractivity contribution in [2.45, 2.75) is 38.3 Å². The molecule has 0 aliphatic carbocycles. The summed E-state index contributed by atoms with van der Waals surface area (Å²) in [5.74, 6) is 1.27. The lowest BCUT2D eigenvalue weighted by atomic mass is 10.1. The van der Waals surface area contributed by atoms with Crippen LogP contribution in [-0.2, 0) is 10.5 Å². The molecule has 3 heterocycles. The van der Waals surface area contributed by atoms with E-state index in [9.17, 15) is 9.59 Å². The Balaban J connectivity index is 1.35. The number of Topliss-reactive ketones (excluding diaryl/α,β-unsaturated/α-hetero) is 1. The Bertz CT molecular complexity index is 1300. The number of thioether (sulfide) groups is 1. The number of rotatable bonds is 8. The van der Waals surface area contributed by atoms with Gasteiger partial charge in [0.15, 0.2) is 12.4 Å². The summed E-state index contributed by atoms with van der Waals surface area (Å²) in [5.41, 5.74) is 3.50. The molecule has 0 aliphatic rings. The van der Waals surface area contributed by atoms with Gasteiger partial charge in [0.05, 0.1) is 16.3 Å². The molecule has 0 unspecified atom stereocenters. The molecule has 3 aromatic heterocycles. The highest BCUT2D eigenvalue weighted by Gasteiger charge is 2.20. The first kappa shape index (κ1) is 23.0. The minimum absolute atomic E-state index is 0.270. The smallest absolute Gasteiger partial charge is 0.338 e. The first-order valence-electron chi connectivity index (χ1n) is 10.3. The molecule has 4 aromatic rings. The van der Waals surface area contributed by atoms with Crippen LogP contribution in [0.2, 0.25) is 0 Å². The molecule has 4 rings (SSSR count). The number of esters is 1. The molecule has 0 saturated heterocycles. The number of ether oxygens (including phenoxy) is 1. The van der Waals surface area contributed by atoms with E-state index in [-0.39, 0.29) is 12.4 Å². The maximum absolute atomic E-state index is 12.7. The number of thiazole rings is 1. The van der Waals surface area contributed by atoms with Crippen LogP contribution >= 0.6 is 23.1 Å². The minimum atomic E-state index is -0.532. The van der Waals surface area contributed by atoms with Crippen LogP contribution < -0.4 is 0 Å². The van der Waals surface area contributed by atoms with E-state index in [1.54, 1.807) is 47.4 Å². The summed E-state index contributed by atoms with van der Waals surface area (Å²) in [6, 6.07) is 10.7. The Morgan fingerprint density at radius 1 is 1.12 bits per heavy atom. The number of nitrogens with zero attached hydrogens (tertiary/aromatic N) is 3. The Kier molecular flexibility index (Phi) is 6.80. The number of carbonyl (C=O) groups excluding carboxylic acids is 2. The predicted molar refractivity (Wildman–Crippen MR) is 128 cm³/mol. The molecule has 170 valence electrons. The van der Waals surface area contributed by atoms with Crippen LogP contribution in [-0.4, -0.2) is 33.1 Å². The highest BCUT2D eigenvalue weighted by atomic mass is 32.2. The fourth-order valence-corrected chi connectivity index (χ4v) is 4.98. The monoisotopic (exact) mass is 481 g/mol. The van der Waals surface area contributed by atoms with Crippen molar-refractivity contribution in [2.24, 2.45) is 0 Å². The second kappa shape index (κ2) is 9.76. The van der Waals surface area contributed by atoms with Gasteiger partial charge >= 0.3 is 5.97 Å². The molecule has 0 amide bonds. The molecule has 0 bridgehead atoms. The Morgan fingerprint density at radius 3 is 2.52 bits per heavy atom. The van der Waals surface area contributed by atoms with Crippen molar-refractivity contribution in [3.8, 4) is 5.82 Å². The van der Waals surface area contributed by atoms with Gasteiger partial charge in [-0.15, -0.1) is 23.1 Å². The number of aromatic nitrogens is 3. The van der Waals surface area contributed by atoms with Crippen LogP contribution in [0.5, 0.6) is 0 Å². The van der Waals surface area contributed by atoms with Gasteiger partial charge in [-0.3, -0.25) is 9.36 Å². The van der Waals surface area contributed by atoms with Crippen molar-refractivity contribution in [2.75, 3.05) is 6.61 Å². The standard InChI is InChI=1S/C24H23N3O4S2/c1-14-9-21(16(3)27(14)23-10-15(2)31-26-23)22(28)11-30-24(29)18-5-7-20(8-6-18)33-13-19-12-32-17(4)25-19/h5-10,12H,11,13H2,1-4H3. The number of carbonyl (C=O) groups is 2. The summed E-state index contributed by atoms with van der Waals surface area (Å²) in [5, 5.41) is 7.12. The van der Waals surface area contributed by atoms with E-state index in [2.05, 4.69) is 15.5 Å². The van der Waals surface area contributed by atoms with Crippen LogP contribution in [0, 0.1) is 27.7 Å². The lowest BCUT2D eigenvalue weighted by Crippen LogP contribution is -2.15. The van der Waals surface area contributed by atoms with Gasteiger partial charge in [-0.2, -0.15) is 0 Å². The van der Waals surface area contributed by atoms with Gasteiger partial charge in [-0.05, 0) is 58.0 Å². The summed E-state index contributed by atoms with van der Waals surface area (Å²) in [7, 11) is 0. The number of aryl methyl sites for hydroxylation is 3. The minimum Gasteiger partial charge on any atom is -0.454 e. The van der Waals surface area contributed by atoms with E-state index in [0.717, 1.165) is 32.7 Å². The van der Waals surface area contributed by atoms with E-state index in [1.165, 1.54) is 0 Å². The Hall–Kier alpha value is -3.17. The van der Waals surface area contributed by atoms with Gasteiger partial charge in [0.1, 0.15) is 5.76 Å². The highest BCUT2D eigenvalue weighted by molar-refractivity contribution is 7.98. The molecule has 9 heteroatoms. The topological polar surface area (TPSA) is 87.2 Å². The van der Waals surface area contributed by atoms with Gasteiger partial charge < -0.3 is 9.26 Å². The zero-order valence-corrected chi connectivity index (χ0v) is 20.4. The maximum atomic E-state index is 12.7. The molecule has 0 atom stereocenters. The van der Waals surface area contributed by atoms with E-state index >= 15 is 0 Å². The maximum Gasteiger partial charge on any atom is 0.338 e. The molecule has 1 aromatic carbocycles. The third-order valence-corrected chi connectivity index (χ3v) is 6.92. The fraction of sp³-hybridized carbons (Fsp3) is 0.250. The van der Waals surface area contributed by atoms with Crippen LogP contribution in [0.25, 0.3) is 5.82 Å². The van der Waals surface area contributed by atoms with Gasteiger partial charge in [-0.1, -0.05) is 5.16 Å². The lowest BCUT2D eigenvalue weighted by Gasteiger charge is -2.07. The van der Waals surface area contributed by atoms with Crippen LogP contribution in [0.1, 0.15) is 48.6 Å². The SMILES string of the molecule is Cc1cc(-n2c(C)cc(C(=O)COC(=O)c3ccc(SCc4csc(C)n4)cc3)c2C)no1. The molecular weight excluding hydrogens is 458 g/mol. The van der Waals surface area contributed by atoms with Crippen molar-refractivity contribution in [3.63, 3.8) is 0 Å². The van der Waals surface area contributed by atoms with E-state index in [0.29, 0.717) is 22.7 Å². The average Bonchev–Trinajstić information content (AvgIpc) is 3.49. The Morgan fingerprint density at radius 2 is 1.88 bits per heavy atom. The van der Waals surface area contributed by atoms with Gasteiger partial charge in [0, 0.05) is 39.0 Å². The second-order valence-corrected chi connectivity index (χ2v) is 9.70. The van der Waals surface area contributed by atoms with Gasteiger partial charge in [-0.25, -0.2) is 9.78 Å². The molecule has 0 fully saturated rings. The van der Waals surface area contributed by atoms with Crippen molar-refractivity contribution < 1.29 is 18.8 Å². The molecule has 7 nitrogen and oxygen atoms in total. The zero-order chi connectivity index (χ0) is 23.5. The second-order valence-electron chi connectivity index (χ2n) is 7.59. The molecule has 0 aliphatic heterocycles. The first-order chi connectivity index (χ1) is 15.8. The van der Waals surface area contributed by atoms with Crippen LogP contribution in [0.15, 0.2) is 51.2 Å². The van der Waals surface area contributed by atoms with Crippen LogP contribution in [0.4, 0.5) is 0 Å². The summed E-state index contributed by atoms with van der Waals surface area (Å²) in [6.45, 7) is 7.17. The van der Waals surface area contributed by atoms with Crippen molar-refractivity contribution >= 4 is 34.9 Å². The largest absolute Gasteiger partial charge is 0.454 e. The zero-order valence-electron chi connectivity index (χ0n) is 18.7. The van der Waals surface area contributed by atoms with Crippen molar-refractivity contribution in [1.82, 2.24) is 14.7 Å². The summed E-state index contributed by atoms with van der Waals surface area (Å²) in [4.78, 5) is 30.7. The normalized spacial score (nSPS) is 11.0. The number of benzene rings is 1. The third-order valence-electron chi connectivity index (χ3n) is 5.05. The van der Waals surface area contributed by atoms with Crippen molar-refractivity contribution in [3.05, 3.63) is 80.8 Å². The van der Waals surface area contributed by atoms with Crippen LogP contribution in [0.3, 0.4) is 0 Å². The average molecular weight is 482 g/mol. The van der Waals surface area contributed by atoms with E-state index in [4.69, 9.17) is 9.26 Å². The Labute approximate surface area is 199 Å². The third kappa shape index (κ3) is 5.26. The summed E-state index contributed by atoms with van der Waals surface area (Å²) < 4.78 is 12.3. The summed E-state index contributed by atoms with van der Waals surface area (Å²) in [6.07, 6.45) is 0. The molecule has 33 heavy (non-hydrogen) atoms. The number of hydrogen-bond acceptors (Lipinski definition) is 8. The molecular formula is C24H23N3O4S2. The molecule has 0 saturated carbocycles.